The second kappa shape index (κ2) is 5.88. The number of fused-ring (bicyclic) bond motifs is 2. The van der Waals surface area contributed by atoms with Gasteiger partial charge in [-0.1, -0.05) is 6.92 Å². The molecule has 0 radical (unpaired) electrons. The molecule has 0 saturated heterocycles. The molecule has 1 unspecified atom stereocenters. The molecule has 5 nitrogen and oxygen atoms in total. The monoisotopic (exact) mass is 366 g/mol. The van der Waals surface area contributed by atoms with E-state index in [9.17, 15) is 4.39 Å². The van der Waals surface area contributed by atoms with Crippen molar-refractivity contribution in [3.63, 3.8) is 0 Å². The average molecular weight is 366 g/mol. The smallest absolute Gasteiger partial charge is 0.220 e. The van der Waals surface area contributed by atoms with Crippen molar-refractivity contribution in [1.82, 2.24) is 19.7 Å². The van der Waals surface area contributed by atoms with Crippen molar-refractivity contribution in [3.05, 3.63) is 47.9 Å². The fraction of sp³-hybridized carbons (Fsp3) is 0.211. The summed E-state index contributed by atoms with van der Waals surface area (Å²) in [6.07, 6.45) is 3.01. The van der Waals surface area contributed by atoms with E-state index in [1.807, 2.05) is 22.2 Å². The van der Waals surface area contributed by atoms with Gasteiger partial charge in [0.1, 0.15) is 11.5 Å². The van der Waals surface area contributed by atoms with Gasteiger partial charge < -0.3 is 4.74 Å². The van der Waals surface area contributed by atoms with Gasteiger partial charge in [0.2, 0.25) is 5.88 Å². The Labute approximate surface area is 153 Å². The fourth-order valence-electron chi connectivity index (χ4n) is 3.29. The first-order valence-corrected chi connectivity index (χ1v) is 9.27. The average Bonchev–Trinajstić information content (AvgIpc) is 3.26. The lowest BCUT2D eigenvalue weighted by Crippen LogP contribution is -2.23. The Morgan fingerprint density at radius 3 is 3.00 bits per heavy atom. The summed E-state index contributed by atoms with van der Waals surface area (Å²) in [5.41, 5.74) is 4.18. The maximum absolute atomic E-state index is 13.4. The minimum absolute atomic E-state index is 0.367. The van der Waals surface area contributed by atoms with Crippen molar-refractivity contribution in [1.29, 1.82) is 0 Å². The van der Waals surface area contributed by atoms with Gasteiger partial charge >= 0.3 is 0 Å². The fourth-order valence-corrected chi connectivity index (χ4v) is 4.17. The third-order valence-corrected chi connectivity index (χ3v) is 5.42. The van der Waals surface area contributed by atoms with Crippen molar-refractivity contribution >= 4 is 21.6 Å². The van der Waals surface area contributed by atoms with Crippen LogP contribution in [0.25, 0.3) is 32.7 Å². The van der Waals surface area contributed by atoms with Gasteiger partial charge in [-0.2, -0.15) is 5.10 Å². The van der Waals surface area contributed by atoms with E-state index >= 15 is 0 Å². The minimum atomic E-state index is -0.367. The van der Waals surface area contributed by atoms with Gasteiger partial charge in [0, 0.05) is 17.7 Å². The third kappa shape index (κ3) is 2.39. The van der Waals surface area contributed by atoms with E-state index < -0.39 is 0 Å². The second-order valence-electron chi connectivity index (χ2n) is 6.48. The van der Waals surface area contributed by atoms with E-state index in [0.717, 1.165) is 33.8 Å². The standard InChI is InChI=1S/C19H15FN4OS/c1-11-9-24-19(25-10-11)16(13-4-6-21-15-5-7-26-18(13)15)17(23-24)14-3-2-12(20)8-22-14/h2-8,11H,9-10H2,1H3. The number of rotatable bonds is 2. The first kappa shape index (κ1) is 15.5. The van der Waals surface area contributed by atoms with Gasteiger partial charge in [-0.3, -0.25) is 9.97 Å². The van der Waals surface area contributed by atoms with Crippen LogP contribution < -0.4 is 4.74 Å². The van der Waals surface area contributed by atoms with Crippen LogP contribution in [0.2, 0.25) is 0 Å². The quantitative estimate of drug-likeness (QED) is 0.528. The molecular weight excluding hydrogens is 351 g/mol. The predicted octanol–water partition coefficient (Wildman–Crippen LogP) is 4.39. The Bertz CT molecular complexity index is 1100. The molecule has 1 atom stereocenters. The summed E-state index contributed by atoms with van der Waals surface area (Å²) in [4.78, 5) is 8.67. The normalized spacial score (nSPS) is 16.5. The highest BCUT2D eigenvalue weighted by Crippen LogP contribution is 2.43. The molecule has 1 aliphatic heterocycles. The van der Waals surface area contributed by atoms with E-state index in [1.54, 1.807) is 23.6 Å². The highest BCUT2D eigenvalue weighted by Gasteiger charge is 2.28. The molecule has 130 valence electrons. The number of hydrogen-bond donors (Lipinski definition) is 0. The lowest BCUT2D eigenvalue weighted by Gasteiger charge is -2.21. The Morgan fingerprint density at radius 2 is 2.15 bits per heavy atom. The molecule has 0 N–H and O–H groups in total. The molecule has 0 aliphatic carbocycles. The molecule has 7 heteroatoms. The molecule has 0 spiro atoms. The van der Waals surface area contributed by atoms with Crippen LogP contribution in [0.1, 0.15) is 6.92 Å². The Kier molecular flexibility index (Phi) is 3.49. The zero-order valence-corrected chi connectivity index (χ0v) is 14.8. The summed E-state index contributed by atoms with van der Waals surface area (Å²) in [5.74, 6) is 0.752. The number of halogens is 1. The predicted molar refractivity (Wildman–Crippen MR) is 98.7 cm³/mol. The third-order valence-electron chi connectivity index (χ3n) is 4.48. The maximum atomic E-state index is 13.4. The first-order chi connectivity index (χ1) is 12.7. The maximum Gasteiger partial charge on any atom is 0.220 e. The Hall–Kier alpha value is -2.80. The zero-order valence-electron chi connectivity index (χ0n) is 14.0. The van der Waals surface area contributed by atoms with E-state index in [0.29, 0.717) is 23.9 Å². The van der Waals surface area contributed by atoms with Gasteiger partial charge in [-0.25, -0.2) is 9.07 Å². The number of hydrogen-bond acceptors (Lipinski definition) is 5. The lowest BCUT2D eigenvalue weighted by atomic mass is 10.0. The van der Waals surface area contributed by atoms with Crippen LogP contribution in [0.5, 0.6) is 5.88 Å². The van der Waals surface area contributed by atoms with E-state index in [2.05, 4.69) is 16.9 Å². The molecule has 4 aromatic heterocycles. The van der Waals surface area contributed by atoms with Crippen LogP contribution >= 0.6 is 11.3 Å². The highest BCUT2D eigenvalue weighted by atomic mass is 32.1. The molecule has 5 heterocycles. The summed E-state index contributed by atoms with van der Waals surface area (Å²) in [6, 6.07) is 7.04. The van der Waals surface area contributed by atoms with Crippen LogP contribution in [-0.2, 0) is 6.54 Å². The molecule has 4 aromatic rings. The van der Waals surface area contributed by atoms with Gasteiger partial charge in [0.25, 0.3) is 0 Å². The number of nitrogens with zero attached hydrogens (tertiary/aromatic N) is 4. The van der Waals surface area contributed by atoms with Crippen molar-refractivity contribution in [2.24, 2.45) is 5.92 Å². The van der Waals surface area contributed by atoms with Crippen LogP contribution in [0.3, 0.4) is 0 Å². The molecule has 26 heavy (non-hydrogen) atoms. The molecule has 0 fully saturated rings. The SMILES string of the molecule is CC1COc2c(-c3ccnc4ccsc34)c(-c3ccc(F)cn3)nn2C1. The molecule has 0 bridgehead atoms. The summed E-state index contributed by atoms with van der Waals surface area (Å²) >= 11 is 1.63. The molecule has 1 aliphatic rings. The summed E-state index contributed by atoms with van der Waals surface area (Å²) in [5, 5.41) is 6.78. The zero-order chi connectivity index (χ0) is 17.7. The van der Waals surface area contributed by atoms with Crippen LogP contribution in [0.4, 0.5) is 4.39 Å². The van der Waals surface area contributed by atoms with Crippen LogP contribution in [0.15, 0.2) is 42.0 Å². The van der Waals surface area contributed by atoms with E-state index in [1.165, 1.54) is 12.3 Å². The van der Waals surface area contributed by atoms with E-state index in [4.69, 9.17) is 9.84 Å². The van der Waals surface area contributed by atoms with Crippen molar-refractivity contribution in [3.8, 4) is 28.4 Å². The van der Waals surface area contributed by atoms with Gasteiger partial charge in [0.15, 0.2) is 0 Å². The number of aromatic nitrogens is 4. The number of pyridine rings is 2. The Balaban J connectivity index is 1.80. The van der Waals surface area contributed by atoms with Crippen LogP contribution in [0, 0.1) is 11.7 Å². The van der Waals surface area contributed by atoms with Crippen molar-refractivity contribution in [2.45, 2.75) is 13.5 Å². The van der Waals surface area contributed by atoms with Gasteiger partial charge in [-0.05, 0) is 29.6 Å². The Morgan fingerprint density at radius 1 is 1.23 bits per heavy atom. The van der Waals surface area contributed by atoms with Gasteiger partial charge in [0.05, 0.1) is 40.8 Å². The number of ether oxygens (including phenoxy) is 1. The van der Waals surface area contributed by atoms with Gasteiger partial charge in [-0.15, -0.1) is 11.3 Å². The highest BCUT2D eigenvalue weighted by molar-refractivity contribution is 7.17. The molecule has 0 aromatic carbocycles. The van der Waals surface area contributed by atoms with Crippen molar-refractivity contribution in [2.75, 3.05) is 6.61 Å². The molecular formula is C19H15FN4OS. The van der Waals surface area contributed by atoms with Crippen LogP contribution in [-0.4, -0.2) is 26.4 Å². The van der Waals surface area contributed by atoms with Crippen molar-refractivity contribution < 1.29 is 9.13 Å². The molecule has 0 amide bonds. The first-order valence-electron chi connectivity index (χ1n) is 8.39. The summed E-state index contributed by atoms with van der Waals surface area (Å²) in [6.45, 7) is 3.56. The largest absolute Gasteiger partial charge is 0.477 e. The number of thiophene rings is 1. The lowest BCUT2D eigenvalue weighted by molar-refractivity contribution is 0.176. The minimum Gasteiger partial charge on any atom is -0.477 e. The molecule has 0 saturated carbocycles. The second-order valence-corrected chi connectivity index (χ2v) is 7.40. The molecule has 5 rings (SSSR count). The van der Waals surface area contributed by atoms with E-state index in [-0.39, 0.29) is 5.82 Å². The topological polar surface area (TPSA) is 52.8 Å². The summed E-state index contributed by atoms with van der Waals surface area (Å²) in [7, 11) is 0. The summed E-state index contributed by atoms with van der Waals surface area (Å²) < 4.78 is 22.4.